The van der Waals surface area contributed by atoms with Gasteiger partial charge in [0.05, 0.1) is 11.5 Å². The molecule has 2 aromatic carbocycles. The van der Waals surface area contributed by atoms with E-state index in [1.165, 1.54) is 0 Å². The van der Waals surface area contributed by atoms with Crippen LogP contribution in [0.4, 0.5) is 11.6 Å². The first kappa shape index (κ1) is 22.0. The summed E-state index contributed by atoms with van der Waals surface area (Å²) in [5.41, 5.74) is 0.565. The number of sulfone groups is 1. The van der Waals surface area contributed by atoms with Crippen LogP contribution in [-0.4, -0.2) is 62.7 Å². The van der Waals surface area contributed by atoms with Gasteiger partial charge in [0.1, 0.15) is 17.4 Å². The van der Waals surface area contributed by atoms with E-state index in [4.69, 9.17) is 9.47 Å². The minimum absolute atomic E-state index is 0.168. The van der Waals surface area contributed by atoms with Gasteiger partial charge in [0.25, 0.3) is 0 Å². The van der Waals surface area contributed by atoms with Crippen molar-refractivity contribution in [2.24, 2.45) is 0 Å². The molecule has 3 N–H and O–H groups in total. The van der Waals surface area contributed by atoms with Crippen LogP contribution < -0.4 is 20.7 Å². The first-order chi connectivity index (χ1) is 16.1. The third-order valence-corrected chi connectivity index (χ3v) is 7.76. The third-order valence-electron chi connectivity index (χ3n) is 5.83. The van der Waals surface area contributed by atoms with Crippen molar-refractivity contribution in [3.05, 3.63) is 48.7 Å². The Labute approximate surface area is 192 Å². The van der Waals surface area contributed by atoms with Gasteiger partial charge in [-0.1, -0.05) is 12.1 Å². The topological polar surface area (TPSA) is 114 Å². The summed E-state index contributed by atoms with van der Waals surface area (Å²) in [5.74, 6) is 1.16. The second-order valence-corrected chi connectivity index (χ2v) is 10.2. The molecule has 0 spiro atoms. The van der Waals surface area contributed by atoms with Gasteiger partial charge in [0.2, 0.25) is 15.8 Å². The lowest BCUT2D eigenvalue weighted by Crippen LogP contribution is -2.42. The van der Waals surface area contributed by atoms with Crippen molar-refractivity contribution in [3.8, 4) is 5.75 Å². The minimum Gasteiger partial charge on any atom is -0.488 e. The van der Waals surface area contributed by atoms with E-state index in [0.29, 0.717) is 24.8 Å². The molecule has 1 aromatic heterocycles. The molecule has 1 atom stereocenters. The summed E-state index contributed by atoms with van der Waals surface area (Å²) in [6.45, 7) is 3.23. The standard InChI is InChI=1S/C23H27N5O4S/c29-33(30,21-15-25-12-13-31-21)19-6-4-17(5-7-19)27-23-26-14-16-2-1-3-20(22(16)28-23)32-18-8-10-24-11-9-18/h1-7,14,18,21,24-25H,8-13,15H2,(H,26,27,28). The van der Waals surface area contributed by atoms with Crippen LogP contribution in [-0.2, 0) is 14.6 Å². The number of nitrogens with zero attached hydrogens (tertiary/aromatic N) is 2. The Kier molecular flexibility index (Phi) is 6.41. The summed E-state index contributed by atoms with van der Waals surface area (Å²) in [5, 5.41) is 10.5. The van der Waals surface area contributed by atoms with E-state index in [2.05, 4.69) is 25.9 Å². The average Bonchev–Trinajstić information content (AvgIpc) is 2.86. The molecule has 0 radical (unpaired) electrons. The number of rotatable bonds is 6. The molecule has 0 bridgehead atoms. The number of ether oxygens (including phenoxy) is 2. The van der Waals surface area contributed by atoms with Crippen LogP contribution in [0.15, 0.2) is 53.6 Å². The molecule has 3 aromatic rings. The van der Waals surface area contributed by atoms with Crippen molar-refractivity contribution < 1.29 is 17.9 Å². The van der Waals surface area contributed by atoms with Gasteiger partial charge in [-0.25, -0.2) is 18.4 Å². The first-order valence-corrected chi connectivity index (χ1v) is 12.7. The predicted molar refractivity (Wildman–Crippen MR) is 126 cm³/mol. The minimum atomic E-state index is -3.57. The molecule has 2 aliphatic rings. The zero-order valence-corrected chi connectivity index (χ0v) is 19.0. The summed E-state index contributed by atoms with van der Waals surface area (Å²) in [6.07, 6.45) is 3.85. The predicted octanol–water partition coefficient (Wildman–Crippen LogP) is 2.22. The number of nitrogens with one attached hydrogen (secondary N) is 3. The number of piperidine rings is 1. The van der Waals surface area contributed by atoms with Gasteiger partial charge >= 0.3 is 0 Å². The maximum Gasteiger partial charge on any atom is 0.227 e. The van der Waals surface area contributed by atoms with Gasteiger partial charge in [0.15, 0.2) is 5.44 Å². The van der Waals surface area contributed by atoms with E-state index in [0.717, 1.165) is 42.6 Å². The van der Waals surface area contributed by atoms with E-state index in [9.17, 15) is 8.42 Å². The fraction of sp³-hybridized carbons (Fsp3) is 0.391. The number of hydrogen-bond donors (Lipinski definition) is 3. The molecule has 9 nitrogen and oxygen atoms in total. The number of anilines is 2. The molecule has 33 heavy (non-hydrogen) atoms. The monoisotopic (exact) mass is 469 g/mol. The highest BCUT2D eigenvalue weighted by molar-refractivity contribution is 7.92. The van der Waals surface area contributed by atoms with Gasteiger partial charge in [-0.2, -0.15) is 0 Å². The van der Waals surface area contributed by atoms with Crippen LogP contribution in [0.5, 0.6) is 5.75 Å². The summed E-state index contributed by atoms with van der Waals surface area (Å²) in [7, 11) is -3.57. The number of para-hydroxylation sites is 1. The molecule has 2 saturated heterocycles. The maximum absolute atomic E-state index is 12.8. The van der Waals surface area contributed by atoms with Gasteiger partial charge in [-0.05, 0) is 56.3 Å². The van der Waals surface area contributed by atoms with Crippen LogP contribution in [0.2, 0.25) is 0 Å². The fourth-order valence-electron chi connectivity index (χ4n) is 4.03. The van der Waals surface area contributed by atoms with Gasteiger partial charge in [-0.15, -0.1) is 0 Å². The number of aromatic nitrogens is 2. The maximum atomic E-state index is 12.8. The lowest BCUT2D eigenvalue weighted by molar-refractivity contribution is 0.0785. The van der Waals surface area contributed by atoms with Crippen molar-refractivity contribution in [1.29, 1.82) is 0 Å². The lowest BCUT2D eigenvalue weighted by Gasteiger charge is -2.24. The molecule has 2 fully saturated rings. The molecule has 3 heterocycles. The van der Waals surface area contributed by atoms with E-state index in [-0.39, 0.29) is 17.5 Å². The van der Waals surface area contributed by atoms with Crippen LogP contribution in [0, 0.1) is 0 Å². The average molecular weight is 470 g/mol. The Bertz CT molecular complexity index is 1210. The Morgan fingerprint density at radius 1 is 1.03 bits per heavy atom. The third kappa shape index (κ3) is 4.93. The van der Waals surface area contributed by atoms with Gasteiger partial charge in [0, 0.05) is 30.4 Å². The highest BCUT2D eigenvalue weighted by Crippen LogP contribution is 2.28. The van der Waals surface area contributed by atoms with Crippen molar-refractivity contribution in [1.82, 2.24) is 20.6 Å². The molecule has 0 amide bonds. The Balaban J connectivity index is 1.34. The second-order valence-electron chi connectivity index (χ2n) is 8.15. The zero-order chi connectivity index (χ0) is 22.7. The number of benzene rings is 2. The molecule has 2 aliphatic heterocycles. The molecule has 1 unspecified atom stereocenters. The SMILES string of the molecule is O=S(=O)(c1ccc(Nc2ncc3cccc(OC4CCNCC4)c3n2)cc1)C1CNCCO1. The van der Waals surface area contributed by atoms with Crippen molar-refractivity contribution in [2.45, 2.75) is 29.3 Å². The van der Waals surface area contributed by atoms with E-state index < -0.39 is 15.3 Å². The molecular formula is C23H27N5O4S. The quantitative estimate of drug-likeness (QED) is 0.500. The summed E-state index contributed by atoms with van der Waals surface area (Å²) in [6, 6.07) is 12.4. The van der Waals surface area contributed by atoms with Gasteiger partial charge < -0.3 is 25.4 Å². The largest absolute Gasteiger partial charge is 0.488 e. The van der Waals surface area contributed by atoms with E-state index in [1.807, 2.05) is 18.2 Å². The van der Waals surface area contributed by atoms with E-state index in [1.54, 1.807) is 30.5 Å². The normalized spacial score (nSPS) is 19.9. The molecule has 0 aliphatic carbocycles. The Morgan fingerprint density at radius 2 is 1.85 bits per heavy atom. The second kappa shape index (κ2) is 9.60. The number of fused-ring (bicyclic) bond motifs is 1. The van der Waals surface area contributed by atoms with Crippen LogP contribution in [0.3, 0.4) is 0 Å². The summed E-state index contributed by atoms with van der Waals surface area (Å²) >= 11 is 0. The fourth-order valence-corrected chi connectivity index (χ4v) is 5.46. The first-order valence-electron chi connectivity index (χ1n) is 11.2. The lowest BCUT2D eigenvalue weighted by atomic mass is 10.1. The number of hydrogen-bond acceptors (Lipinski definition) is 9. The van der Waals surface area contributed by atoms with Gasteiger partial charge in [-0.3, -0.25) is 0 Å². The highest BCUT2D eigenvalue weighted by atomic mass is 32.2. The van der Waals surface area contributed by atoms with Crippen molar-refractivity contribution in [2.75, 3.05) is 38.1 Å². The van der Waals surface area contributed by atoms with E-state index >= 15 is 0 Å². The molecule has 5 rings (SSSR count). The highest BCUT2D eigenvalue weighted by Gasteiger charge is 2.29. The van der Waals surface area contributed by atoms with Crippen LogP contribution >= 0.6 is 0 Å². The van der Waals surface area contributed by atoms with Crippen LogP contribution in [0.1, 0.15) is 12.8 Å². The zero-order valence-electron chi connectivity index (χ0n) is 18.2. The molecule has 10 heteroatoms. The number of morpholine rings is 1. The Hall–Kier alpha value is -2.79. The molecular weight excluding hydrogens is 442 g/mol. The van der Waals surface area contributed by atoms with Crippen molar-refractivity contribution >= 4 is 32.4 Å². The smallest absolute Gasteiger partial charge is 0.227 e. The van der Waals surface area contributed by atoms with Crippen LogP contribution in [0.25, 0.3) is 10.9 Å². The molecule has 174 valence electrons. The summed E-state index contributed by atoms with van der Waals surface area (Å²) in [4.78, 5) is 9.29. The van der Waals surface area contributed by atoms with Crippen molar-refractivity contribution in [3.63, 3.8) is 0 Å². The Morgan fingerprint density at radius 3 is 2.61 bits per heavy atom. The molecule has 0 saturated carbocycles. The summed E-state index contributed by atoms with van der Waals surface area (Å²) < 4.78 is 37.2.